The van der Waals surface area contributed by atoms with Crippen molar-refractivity contribution in [1.29, 1.82) is 0 Å². The van der Waals surface area contributed by atoms with E-state index < -0.39 is 35.5 Å². The molecule has 7 nitrogen and oxygen atoms in total. The van der Waals surface area contributed by atoms with Gasteiger partial charge in [-0.15, -0.1) is 0 Å². The zero-order valence-electron chi connectivity index (χ0n) is 19.7. The Bertz CT molecular complexity index is 995. The second-order valence-corrected chi connectivity index (χ2v) is 9.84. The molecule has 2 aromatic carbocycles. The van der Waals surface area contributed by atoms with Crippen molar-refractivity contribution in [1.82, 2.24) is 10.6 Å². The molecule has 0 heterocycles. The number of benzene rings is 2. The Labute approximate surface area is 194 Å². The van der Waals surface area contributed by atoms with Crippen molar-refractivity contribution in [2.75, 3.05) is 6.61 Å². The first kappa shape index (κ1) is 24.3. The zero-order valence-corrected chi connectivity index (χ0v) is 19.7. The summed E-state index contributed by atoms with van der Waals surface area (Å²) in [6, 6.07) is 14.1. The molecular weight excluding hydrogens is 420 g/mol. The van der Waals surface area contributed by atoms with Crippen LogP contribution in [-0.2, 0) is 14.3 Å². The fraction of sp³-hybridized carbons (Fsp3) is 0.423. The van der Waals surface area contributed by atoms with Crippen LogP contribution < -0.4 is 10.6 Å². The van der Waals surface area contributed by atoms with E-state index in [0.29, 0.717) is 0 Å². The van der Waals surface area contributed by atoms with Crippen molar-refractivity contribution < 1.29 is 24.2 Å². The first-order chi connectivity index (χ1) is 15.5. The van der Waals surface area contributed by atoms with Gasteiger partial charge in [0.1, 0.15) is 18.7 Å². The van der Waals surface area contributed by atoms with Crippen molar-refractivity contribution >= 4 is 18.0 Å². The molecule has 0 aromatic heterocycles. The number of carbonyl (C=O) groups excluding carboxylic acids is 2. The van der Waals surface area contributed by atoms with Crippen LogP contribution in [0, 0.1) is 11.3 Å². The van der Waals surface area contributed by atoms with Crippen LogP contribution in [0.15, 0.2) is 48.5 Å². The summed E-state index contributed by atoms with van der Waals surface area (Å²) in [7, 11) is 0. The largest absolute Gasteiger partial charge is 0.480 e. The van der Waals surface area contributed by atoms with Gasteiger partial charge < -0.3 is 20.5 Å². The van der Waals surface area contributed by atoms with Crippen molar-refractivity contribution in [3.05, 3.63) is 59.7 Å². The predicted molar refractivity (Wildman–Crippen MR) is 126 cm³/mol. The lowest BCUT2D eigenvalue weighted by Gasteiger charge is -2.31. The predicted octanol–water partition coefficient (Wildman–Crippen LogP) is 4.17. The summed E-state index contributed by atoms with van der Waals surface area (Å²) in [5.74, 6) is -2.08. The zero-order chi connectivity index (χ0) is 24.3. The monoisotopic (exact) mass is 452 g/mol. The van der Waals surface area contributed by atoms with Crippen molar-refractivity contribution in [3.8, 4) is 11.1 Å². The van der Waals surface area contributed by atoms with Gasteiger partial charge in [-0.2, -0.15) is 0 Å². The van der Waals surface area contributed by atoms with Gasteiger partial charge in [0.15, 0.2) is 0 Å². The minimum Gasteiger partial charge on any atom is -0.480 e. The first-order valence-corrected chi connectivity index (χ1v) is 11.2. The van der Waals surface area contributed by atoms with Crippen LogP contribution in [0.4, 0.5) is 4.79 Å². The topological polar surface area (TPSA) is 105 Å². The number of carboxylic acid groups (broad SMARTS) is 1. The van der Waals surface area contributed by atoms with Crippen molar-refractivity contribution in [2.45, 2.75) is 52.6 Å². The number of nitrogens with one attached hydrogen (secondary N) is 2. The Morgan fingerprint density at radius 1 is 0.939 bits per heavy atom. The maximum Gasteiger partial charge on any atom is 0.407 e. The van der Waals surface area contributed by atoms with E-state index in [0.717, 1.165) is 22.3 Å². The van der Waals surface area contributed by atoms with Gasteiger partial charge in [0.05, 0.1) is 0 Å². The maximum atomic E-state index is 12.9. The third kappa shape index (κ3) is 5.35. The van der Waals surface area contributed by atoms with E-state index in [-0.39, 0.29) is 18.4 Å². The Hall–Kier alpha value is -3.35. The second kappa shape index (κ2) is 9.65. The molecular formula is C26H32N2O5. The molecule has 0 spiro atoms. The van der Waals surface area contributed by atoms with Crippen LogP contribution in [0.1, 0.15) is 51.7 Å². The molecule has 176 valence electrons. The van der Waals surface area contributed by atoms with Gasteiger partial charge in [-0.25, -0.2) is 9.59 Å². The molecule has 0 fully saturated rings. The number of ether oxygens (including phenoxy) is 1. The van der Waals surface area contributed by atoms with E-state index in [4.69, 9.17) is 4.74 Å². The Balaban J connectivity index is 1.71. The summed E-state index contributed by atoms with van der Waals surface area (Å²) in [4.78, 5) is 37.1. The third-order valence-corrected chi connectivity index (χ3v) is 5.96. The average molecular weight is 453 g/mol. The standard InChI is InChI=1S/C26H32N2O5/c1-15(2)21(24(30)31)27-23(29)22(26(3,4)5)28-25(32)33-14-20-18-12-8-6-10-16(18)17-11-7-9-13-19(17)20/h6-13,15,20-22H,14H2,1-5H3,(H,27,29)(H,28,32)(H,30,31)/t21-,22+/m1/s1. The molecule has 0 aliphatic heterocycles. The molecule has 0 saturated carbocycles. The number of amides is 2. The highest BCUT2D eigenvalue weighted by Crippen LogP contribution is 2.44. The van der Waals surface area contributed by atoms with Crippen LogP contribution >= 0.6 is 0 Å². The van der Waals surface area contributed by atoms with Gasteiger partial charge in [-0.05, 0) is 33.6 Å². The molecule has 2 atom stereocenters. The molecule has 1 aliphatic carbocycles. The maximum absolute atomic E-state index is 12.9. The molecule has 33 heavy (non-hydrogen) atoms. The summed E-state index contributed by atoms with van der Waals surface area (Å²) in [6.45, 7) is 8.95. The van der Waals surface area contributed by atoms with Crippen LogP contribution in [-0.4, -0.2) is 41.8 Å². The average Bonchev–Trinajstić information content (AvgIpc) is 3.06. The van der Waals surface area contributed by atoms with E-state index in [2.05, 4.69) is 22.8 Å². The quantitative estimate of drug-likeness (QED) is 0.585. The number of carboxylic acids is 1. The third-order valence-electron chi connectivity index (χ3n) is 5.96. The number of carbonyl (C=O) groups is 3. The Morgan fingerprint density at radius 3 is 1.91 bits per heavy atom. The molecule has 0 saturated heterocycles. The number of aliphatic carboxylic acids is 1. The van der Waals surface area contributed by atoms with Gasteiger partial charge in [0.2, 0.25) is 5.91 Å². The number of alkyl carbamates (subject to hydrolysis) is 1. The lowest BCUT2D eigenvalue weighted by Crippen LogP contribution is -2.57. The number of fused-ring (bicyclic) bond motifs is 3. The summed E-state index contributed by atoms with van der Waals surface area (Å²) in [6.07, 6.45) is -0.719. The van der Waals surface area contributed by atoms with E-state index in [1.54, 1.807) is 34.6 Å². The van der Waals surface area contributed by atoms with E-state index >= 15 is 0 Å². The fourth-order valence-electron chi connectivity index (χ4n) is 4.18. The van der Waals surface area contributed by atoms with Crippen LogP contribution in [0.5, 0.6) is 0 Å². The molecule has 3 rings (SSSR count). The highest BCUT2D eigenvalue weighted by atomic mass is 16.5. The molecule has 0 unspecified atom stereocenters. The number of rotatable bonds is 7. The number of hydrogen-bond donors (Lipinski definition) is 3. The van der Waals surface area contributed by atoms with Gasteiger partial charge in [0.25, 0.3) is 0 Å². The van der Waals surface area contributed by atoms with E-state index in [1.807, 2.05) is 36.4 Å². The SMILES string of the molecule is CC(C)[C@@H](NC(=O)[C@H](NC(=O)OCC1c2ccccc2-c2ccccc21)C(C)(C)C)C(=O)O. The molecule has 2 aromatic rings. The van der Waals surface area contributed by atoms with E-state index in [1.165, 1.54) is 0 Å². The molecule has 0 radical (unpaired) electrons. The minimum absolute atomic E-state index is 0.0950. The summed E-state index contributed by atoms with van der Waals surface area (Å²) < 4.78 is 5.57. The van der Waals surface area contributed by atoms with Gasteiger partial charge in [0, 0.05) is 5.92 Å². The normalized spacial score (nSPS) is 14.7. The second-order valence-electron chi connectivity index (χ2n) is 9.84. The van der Waals surface area contributed by atoms with Gasteiger partial charge in [-0.3, -0.25) is 4.79 Å². The first-order valence-electron chi connectivity index (χ1n) is 11.2. The Kier molecular flexibility index (Phi) is 7.10. The Morgan fingerprint density at radius 2 is 1.45 bits per heavy atom. The lowest BCUT2D eigenvalue weighted by molar-refractivity contribution is -0.143. The lowest BCUT2D eigenvalue weighted by atomic mass is 9.86. The highest BCUT2D eigenvalue weighted by molar-refractivity contribution is 5.90. The minimum atomic E-state index is -1.12. The molecule has 2 amide bonds. The van der Waals surface area contributed by atoms with Crippen LogP contribution in [0.3, 0.4) is 0 Å². The van der Waals surface area contributed by atoms with Crippen molar-refractivity contribution in [2.24, 2.45) is 11.3 Å². The van der Waals surface area contributed by atoms with Gasteiger partial charge in [-0.1, -0.05) is 83.1 Å². The van der Waals surface area contributed by atoms with Crippen molar-refractivity contribution in [3.63, 3.8) is 0 Å². The van der Waals surface area contributed by atoms with Crippen LogP contribution in [0.2, 0.25) is 0 Å². The number of hydrogen-bond acceptors (Lipinski definition) is 4. The van der Waals surface area contributed by atoms with Crippen LogP contribution in [0.25, 0.3) is 11.1 Å². The summed E-state index contributed by atoms with van der Waals surface area (Å²) >= 11 is 0. The molecule has 0 bridgehead atoms. The van der Waals surface area contributed by atoms with E-state index in [9.17, 15) is 19.5 Å². The summed E-state index contributed by atoms with van der Waals surface area (Å²) in [5, 5.41) is 14.6. The smallest absolute Gasteiger partial charge is 0.407 e. The fourth-order valence-corrected chi connectivity index (χ4v) is 4.18. The molecule has 3 N–H and O–H groups in total. The summed E-state index contributed by atoms with van der Waals surface area (Å²) in [5.41, 5.74) is 3.79. The van der Waals surface area contributed by atoms with Gasteiger partial charge >= 0.3 is 12.1 Å². The molecule has 1 aliphatic rings. The molecule has 7 heteroatoms. The highest BCUT2D eigenvalue weighted by Gasteiger charge is 2.36.